The first-order chi connectivity index (χ1) is 10.1. The van der Waals surface area contributed by atoms with Crippen LogP contribution >= 0.6 is 0 Å². The quantitative estimate of drug-likeness (QED) is 0.791. The molecule has 5 heteroatoms. The number of hydrogen-bond donors (Lipinski definition) is 3. The molecule has 0 radical (unpaired) electrons. The summed E-state index contributed by atoms with van der Waals surface area (Å²) in [5.74, 6) is 0.0652. The molecule has 2 aromatic rings. The minimum absolute atomic E-state index is 0.0792. The van der Waals surface area contributed by atoms with Gasteiger partial charge in [0, 0.05) is 23.4 Å². The van der Waals surface area contributed by atoms with Crippen molar-refractivity contribution in [3.8, 4) is 5.75 Å². The van der Waals surface area contributed by atoms with E-state index < -0.39 is 0 Å². The number of nitrogens with two attached hydrogens (primary N) is 1. The summed E-state index contributed by atoms with van der Waals surface area (Å²) in [6, 6.07) is 12.7. The van der Waals surface area contributed by atoms with Gasteiger partial charge >= 0.3 is 0 Å². The van der Waals surface area contributed by atoms with Crippen molar-refractivity contribution in [3.63, 3.8) is 0 Å². The van der Waals surface area contributed by atoms with Crippen molar-refractivity contribution in [2.75, 3.05) is 16.8 Å². The second-order valence-electron chi connectivity index (χ2n) is 5.18. The van der Waals surface area contributed by atoms with Crippen LogP contribution in [0.2, 0.25) is 0 Å². The van der Waals surface area contributed by atoms with E-state index in [-0.39, 0.29) is 24.2 Å². The Morgan fingerprint density at radius 2 is 2.05 bits per heavy atom. The highest BCUT2D eigenvalue weighted by Crippen LogP contribution is 2.37. The van der Waals surface area contributed by atoms with Crippen molar-refractivity contribution in [1.82, 2.24) is 0 Å². The van der Waals surface area contributed by atoms with Gasteiger partial charge in [-0.25, -0.2) is 0 Å². The van der Waals surface area contributed by atoms with E-state index in [1.165, 1.54) is 0 Å². The Kier molecular flexibility index (Phi) is 3.27. The molecule has 0 fully saturated rings. The molecule has 108 valence electrons. The summed E-state index contributed by atoms with van der Waals surface area (Å²) in [4.78, 5) is 13.7. The third-order valence-electron chi connectivity index (χ3n) is 3.59. The van der Waals surface area contributed by atoms with Crippen LogP contribution in [0.4, 0.5) is 17.1 Å². The average molecular weight is 283 g/mol. The fourth-order valence-electron chi connectivity index (χ4n) is 2.55. The lowest BCUT2D eigenvalue weighted by Gasteiger charge is -2.31. The zero-order chi connectivity index (χ0) is 15.0. The summed E-state index contributed by atoms with van der Waals surface area (Å²) in [6.45, 7) is 2.03. The van der Waals surface area contributed by atoms with Gasteiger partial charge in [-0.05, 0) is 25.1 Å². The Hall–Kier alpha value is -2.53. The first-order valence-electron chi connectivity index (χ1n) is 6.81. The monoisotopic (exact) mass is 283 g/mol. The number of nitrogens with one attached hydrogen (secondary N) is 1. The molecule has 1 atom stereocenters. The molecule has 0 spiro atoms. The fourth-order valence-corrected chi connectivity index (χ4v) is 2.55. The Morgan fingerprint density at radius 3 is 2.76 bits per heavy atom. The number of amides is 1. The molecular formula is C16H17N3O2. The number of fused-ring (bicyclic) bond motifs is 1. The van der Waals surface area contributed by atoms with Crippen molar-refractivity contribution < 1.29 is 9.90 Å². The number of phenols is 1. The third kappa shape index (κ3) is 2.43. The molecule has 1 amide bonds. The second kappa shape index (κ2) is 5.10. The smallest absolute Gasteiger partial charge is 0.244 e. The number of rotatable bonds is 2. The summed E-state index contributed by atoms with van der Waals surface area (Å²) < 4.78 is 0. The predicted octanol–water partition coefficient (Wildman–Crippen LogP) is 2.50. The lowest BCUT2D eigenvalue weighted by molar-refractivity contribution is -0.115. The van der Waals surface area contributed by atoms with E-state index in [1.807, 2.05) is 42.2 Å². The predicted molar refractivity (Wildman–Crippen MR) is 82.8 cm³/mol. The second-order valence-corrected chi connectivity index (χ2v) is 5.18. The van der Waals surface area contributed by atoms with E-state index >= 15 is 0 Å². The number of phenolic OH excluding ortho intramolecular Hbond substituents is 1. The van der Waals surface area contributed by atoms with Crippen LogP contribution in [0.5, 0.6) is 5.75 Å². The van der Waals surface area contributed by atoms with Gasteiger partial charge in [-0.15, -0.1) is 0 Å². The first kappa shape index (κ1) is 13.5. The van der Waals surface area contributed by atoms with Crippen molar-refractivity contribution in [1.29, 1.82) is 0 Å². The number of anilines is 3. The van der Waals surface area contributed by atoms with Crippen molar-refractivity contribution >= 4 is 23.0 Å². The normalized spacial score (nSPS) is 15.3. The van der Waals surface area contributed by atoms with Gasteiger partial charge in [0.25, 0.3) is 0 Å². The molecule has 4 N–H and O–H groups in total. The van der Waals surface area contributed by atoms with E-state index in [0.717, 1.165) is 17.1 Å². The lowest BCUT2D eigenvalue weighted by atomic mass is 10.1. The number of carbonyl (C=O) groups is 1. The van der Waals surface area contributed by atoms with Gasteiger partial charge in [-0.2, -0.15) is 0 Å². The van der Waals surface area contributed by atoms with E-state index in [4.69, 9.17) is 5.73 Å². The summed E-state index contributed by atoms with van der Waals surface area (Å²) in [5.41, 5.74) is 8.93. The molecule has 1 aliphatic heterocycles. The number of hydrogen-bond acceptors (Lipinski definition) is 4. The van der Waals surface area contributed by atoms with Crippen LogP contribution in [0.15, 0.2) is 42.5 Å². The zero-order valence-corrected chi connectivity index (χ0v) is 11.7. The topological polar surface area (TPSA) is 78.6 Å². The minimum Gasteiger partial charge on any atom is -0.508 e. The molecular weight excluding hydrogens is 266 g/mol. The van der Waals surface area contributed by atoms with Crippen LogP contribution in [0.3, 0.4) is 0 Å². The SMILES string of the molecule is CC(N)c1ccc(N2CC(=O)Nc3ccccc32)cc1O. The van der Waals surface area contributed by atoms with Crippen LogP contribution < -0.4 is 16.0 Å². The molecule has 21 heavy (non-hydrogen) atoms. The van der Waals surface area contributed by atoms with Gasteiger partial charge < -0.3 is 21.1 Å². The molecule has 2 aromatic carbocycles. The van der Waals surface area contributed by atoms with Crippen LogP contribution in [-0.2, 0) is 4.79 Å². The maximum Gasteiger partial charge on any atom is 0.244 e. The Bertz CT molecular complexity index is 698. The third-order valence-corrected chi connectivity index (χ3v) is 3.59. The van der Waals surface area contributed by atoms with E-state index in [2.05, 4.69) is 5.32 Å². The van der Waals surface area contributed by atoms with E-state index in [0.29, 0.717) is 5.56 Å². The van der Waals surface area contributed by atoms with E-state index in [1.54, 1.807) is 12.1 Å². The maximum absolute atomic E-state index is 11.8. The maximum atomic E-state index is 11.8. The van der Waals surface area contributed by atoms with Gasteiger partial charge in [0.15, 0.2) is 0 Å². The highest BCUT2D eigenvalue weighted by atomic mass is 16.3. The number of para-hydroxylation sites is 2. The Labute approximate surface area is 123 Å². The van der Waals surface area contributed by atoms with Crippen molar-refractivity contribution in [3.05, 3.63) is 48.0 Å². The molecule has 1 aliphatic rings. The molecule has 5 nitrogen and oxygen atoms in total. The van der Waals surface area contributed by atoms with Crippen LogP contribution in [-0.4, -0.2) is 17.6 Å². The van der Waals surface area contributed by atoms with Crippen LogP contribution in [0.25, 0.3) is 0 Å². The Balaban J connectivity index is 2.05. The molecule has 1 unspecified atom stereocenters. The molecule has 1 heterocycles. The Morgan fingerprint density at radius 1 is 1.29 bits per heavy atom. The van der Waals surface area contributed by atoms with Gasteiger partial charge in [0.2, 0.25) is 5.91 Å². The number of nitrogens with zero attached hydrogens (tertiary/aromatic N) is 1. The van der Waals surface area contributed by atoms with E-state index in [9.17, 15) is 9.90 Å². The fraction of sp³-hybridized carbons (Fsp3) is 0.188. The summed E-state index contributed by atoms with van der Waals surface area (Å²) in [5, 5.41) is 12.9. The first-order valence-corrected chi connectivity index (χ1v) is 6.81. The van der Waals surface area contributed by atoms with Crippen LogP contribution in [0, 0.1) is 0 Å². The highest BCUT2D eigenvalue weighted by Gasteiger charge is 2.23. The molecule has 0 saturated heterocycles. The standard InChI is InChI=1S/C16H17N3O2/c1-10(17)12-7-6-11(8-15(12)20)19-9-16(21)18-13-4-2-3-5-14(13)19/h2-8,10,20H,9,17H2,1H3,(H,18,21). The van der Waals surface area contributed by atoms with Crippen molar-refractivity contribution in [2.45, 2.75) is 13.0 Å². The van der Waals surface area contributed by atoms with Gasteiger partial charge in [0.1, 0.15) is 12.3 Å². The van der Waals surface area contributed by atoms with Crippen molar-refractivity contribution in [2.24, 2.45) is 5.73 Å². The average Bonchev–Trinajstić information content (AvgIpc) is 2.45. The number of benzene rings is 2. The lowest BCUT2D eigenvalue weighted by Crippen LogP contribution is -2.34. The highest BCUT2D eigenvalue weighted by molar-refractivity contribution is 6.03. The molecule has 0 saturated carbocycles. The summed E-state index contributed by atoms with van der Waals surface area (Å²) in [7, 11) is 0. The molecule has 0 bridgehead atoms. The van der Waals surface area contributed by atoms with Crippen LogP contribution in [0.1, 0.15) is 18.5 Å². The van der Waals surface area contributed by atoms with Gasteiger partial charge in [0.05, 0.1) is 11.4 Å². The molecule has 0 aliphatic carbocycles. The zero-order valence-electron chi connectivity index (χ0n) is 11.7. The van der Waals surface area contributed by atoms with Gasteiger partial charge in [-0.1, -0.05) is 18.2 Å². The number of aromatic hydroxyl groups is 1. The van der Waals surface area contributed by atoms with Gasteiger partial charge in [-0.3, -0.25) is 4.79 Å². The molecule has 3 rings (SSSR count). The minimum atomic E-state index is -0.240. The largest absolute Gasteiger partial charge is 0.508 e. The summed E-state index contributed by atoms with van der Waals surface area (Å²) >= 11 is 0. The molecule has 0 aromatic heterocycles. The number of carbonyl (C=O) groups excluding carboxylic acids is 1. The summed E-state index contributed by atoms with van der Waals surface area (Å²) in [6.07, 6.45) is 0.